The van der Waals surface area contributed by atoms with Crippen LogP contribution in [0, 0.1) is 0 Å². The molecule has 1 aliphatic heterocycles. The average Bonchev–Trinajstić information content (AvgIpc) is 2.74. The first kappa shape index (κ1) is 19.0. The third-order valence-electron chi connectivity index (χ3n) is 5.05. The number of anilines is 2. The number of carbonyl (C=O) groups is 2. The minimum atomic E-state index is 0.0443. The van der Waals surface area contributed by atoms with Crippen molar-refractivity contribution in [3.8, 4) is 0 Å². The molecule has 0 bridgehead atoms. The second kappa shape index (κ2) is 9.21. The van der Waals surface area contributed by atoms with Gasteiger partial charge in [0.25, 0.3) is 0 Å². The molecule has 27 heavy (non-hydrogen) atoms. The lowest BCUT2D eigenvalue weighted by molar-refractivity contribution is -0.131. The van der Waals surface area contributed by atoms with E-state index in [-0.39, 0.29) is 11.8 Å². The number of hydrogen-bond acceptors (Lipinski definition) is 3. The lowest BCUT2D eigenvalue weighted by Crippen LogP contribution is -2.48. The van der Waals surface area contributed by atoms with Gasteiger partial charge < -0.3 is 14.7 Å². The van der Waals surface area contributed by atoms with Crippen molar-refractivity contribution >= 4 is 23.2 Å². The molecule has 0 aromatic heterocycles. The van der Waals surface area contributed by atoms with Gasteiger partial charge in [0.15, 0.2) is 0 Å². The Morgan fingerprint density at radius 2 is 1.44 bits per heavy atom. The number of nitrogens with zero attached hydrogens (tertiary/aromatic N) is 3. The van der Waals surface area contributed by atoms with Crippen molar-refractivity contribution in [2.45, 2.75) is 19.3 Å². The topological polar surface area (TPSA) is 43.9 Å². The van der Waals surface area contributed by atoms with Gasteiger partial charge in [-0.05, 0) is 30.7 Å². The maximum absolute atomic E-state index is 12.4. The molecule has 142 valence electrons. The second-order valence-corrected chi connectivity index (χ2v) is 6.85. The molecule has 0 unspecified atom stereocenters. The maximum atomic E-state index is 12.4. The van der Waals surface area contributed by atoms with Crippen LogP contribution in [0.2, 0.25) is 0 Å². The van der Waals surface area contributed by atoms with Crippen molar-refractivity contribution < 1.29 is 9.59 Å². The highest BCUT2D eigenvalue weighted by atomic mass is 16.2. The number of amides is 2. The minimum absolute atomic E-state index is 0.0443. The van der Waals surface area contributed by atoms with Crippen molar-refractivity contribution in [1.82, 2.24) is 4.90 Å². The molecule has 1 saturated heterocycles. The Bertz CT molecular complexity index is 741. The fourth-order valence-corrected chi connectivity index (χ4v) is 3.37. The summed E-state index contributed by atoms with van der Waals surface area (Å²) in [4.78, 5) is 30.6. The van der Waals surface area contributed by atoms with Crippen molar-refractivity contribution in [3.63, 3.8) is 0 Å². The molecule has 0 radical (unpaired) electrons. The molecule has 1 aliphatic rings. The van der Waals surface area contributed by atoms with Crippen LogP contribution in [-0.2, 0) is 9.59 Å². The summed E-state index contributed by atoms with van der Waals surface area (Å²) in [7, 11) is 1.78. The van der Waals surface area contributed by atoms with Gasteiger partial charge in [0.05, 0.1) is 0 Å². The van der Waals surface area contributed by atoms with Crippen LogP contribution in [0.15, 0.2) is 60.7 Å². The van der Waals surface area contributed by atoms with Crippen LogP contribution in [0.4, 0.5) is 11.4 Å². The largest absolute Gasteiger partial charge is 0.368 e. The number of para-hydroxylation sites is 2. The highest BCUT2D eigenvalue weighted by molar-refractivity contribution is 5.93. The predicted octanol–water partition coefficient (Wildman–Crippen LogP) is 3.17. The van der Waals surface area contributed by atoms with E-state index in [1.807, 2.05) is 53.4 Å². The fourth-order valence-electron chi connectivity index (χ4n) is 3.37. The highest BCUT2D eigenvalue weighted by Gasteiger charge is 2.21. The summed E-state index contributed by atoms with van der Waals surface area (Å²) in [6, 6.07) is 19.9. The van der Waals surface area contributed by atoms with Crippen molar-refractivity contribution in [3.05, 3.63) is 60.7 Å². The Kier molecular flexibility index (Phi) is 6.47. The summed E-state index contributed by atoms with van der Waals surface area (Å²) in [6.07, 6.45) is 1.41. The molecule has 1 heterocycles. The lowest BCUT2D eigenvalue weighted by atomic mass is 10.1. The average molecular weight is 365 g/mol. The van der Waals surface area contributed by atoms with Crippen LogP contribution in [0.3, 0.4) is 0 Å². The lowest BCUT2D eigenvalue weighted by Gasteiger charge is -2.36. The van der Waals surface area contributed by atoms with Crippen molar-refractivity contribution in [1.29, 1.82) is 0 Å². The molecule has 2 aromatic carbocycles. The van der Waals surface area contributed by atoms with Crippen LogP contribution >= 0.6 is 0 Å². The van der Waals surface area contributed by atoms with Crippen LogP contribution in [0.25, 0.3) is 0 Å². The van der Waals surface area contributed by atoms with Crippen molar-refractivity contribution in [2.75, 3.05) is 43.0 Å². The van der Waals surface area contributed by atoms with E-state index >= 15 is 0 Å². The number of benzene rings is 2. The predicted molar refractivity (Wildman–Crippen MR) is 109 cm³/mol. The molecule has 0 atom stereocenters. The fraction of sp³-hybridized carbons (Fsp3) is 0.364. The first-order valence-electron chi connectivity index (χ1n) is 9.54. The quantitative estimate of drug-likeness (QED) is 0.790. The Hall–Kier alpha value is -2.82. The Morgan fingerprint density at radius 1 is 0.852 bits per heavy atom. The zero-order valence-corrected chi connectivity index (χ0v) is 15.9. The second-order valence-electron chi connectivity index (χ2n) is 6.85. The summed E-state index contributed by atoms with van der Waals surface area (Å²) < 4.78 is 0. The molecule has 2 amide bonds. The molecule has 3 rings (SSSR count). The molecule has 1 fully saturated rings. The third-order valence-corrected chi connectivity index (χ3v) is 5.05. The summed E-state index contributed by atoms with van der Waals surface area (Å²) in [6.45, 7) is 3.19. The van der Waals surface area contributed by atoms with Gasteiger partial charge in [-0.3, -0.25) is 9.59 Å². The monoisotopic (exact) mass is 365 g/mol. The van der Waals surface area contributed by atoms with Gasteiger partial charge in [0.2, 0.25) is 11.8 Å². The van der Waals surface area contributed by atoms with Gasteiger partial charge in [-0.15, -0.1) is 0 Å². The molecule has 0 N–H and O–H groups in total. The number of hydrogen-bond donors (Lipinski definition) is 0. The van der Waals surface area contributed by atoms with Crippen LogP contribution < -0.4 is 9.80 Å². The zero-order chi connectivity index (χ0) is 19.1. The first-order chi connectivity index (χ1) is 13.1. The van der Waals surface area contributed by atoms with Crippen LogP contribution in [0.5, 0.6) is 0 Å². The van der Waals surface area contributed by atoms with E-state index in [0.29, 0.717) is 19.3 Å². The number of piperazine rings is 1. The Balaban J connectivity index is 1.39. The smallest absolute Gasteiger partial charge is 0.226 e. The third kappa shape index (κ3) is 5.09. The molecular formula is C22H27N3O2. The summed E-state index contributed by atoms with van der Waals surface area (Å²) in [5, 5.41) is 0. The maximum Gasteiger partial charge on any atom is 0.226 e. The first-order valence-corrected chi connectivity index (χ1v) is 9.54. The van der Waals surface area contributed by atoms with E-state index < -0.39 is 0 Å². The van der Waals surface area contributed by atoms with Gasteiger partial charge in [-0.25, -0.2) is 0 Å². The summed E-state index contributed by atoms with van der Waals surface area (Å²) >= 11 is 0. The summed E-state index contributed by atoms with van der Waals surface area (Å²) in [5.74, 6) is 0.195. The van der Waals surface area contributed by atoms with E-state index in [1.165, 1.54) is 5.69 Å². The molecule has 2 aromatic rings. The Morgan fingerprint density at radius 3 is 2.07 bits per heavy atom. The minimum Gasteiger partial charge on any atom is -0.368 e. The van der Waals surface area contributed by atoms with Crippen molar-refractivity contribution in [2.24, 2.45) is 0 Å². The van der Waals surface area contributed by atoms with E-state index in [1.54, 1.807) is 11.9 Å². The van der Waals surface area contributed by atoms with Gasteiger partial charge in [-0.1, -0.05) is 36.4 Å². The molecular weight excluding hydrogens is 338 g/mol. The normalized spacial score (nSPS) is 14.1. The van der Waals surface area contributed by atoms with E-state index in [9.17, 15) is 9.59 Å². The molecule has 0 spiro atoms. The van der Waals surface area contributed by atoms with E-state index in [2.05, 4.69) is 17.0 Å². The SMILES string of the molecule is CN(C(=O)CCCC(=O)N1CCN(c2ccccc2)CC1)c1ccccc1. The number of carbonyl (C=O) groups excluding carboxylic acids is 2. The van der Waals surface area contributed by atoms with Crippen LogP contribution in [0.1, 0.15) is 19.3 Å². The zero-order valence-electron chi connectivity index (χ0n) is 15.9. The van der Waals surface area contributed by atoms with Gasteiger partial charge in [0, 0.05) is 57.4 Å². The van der Waals surface area contributed by atoms with Gasteiger partial charge in [0.1, 0.15) is 0 Å². The molecule has 0 aliphatic carbocycles. The molecule has 0 saturated carbocycles. The van der Waals surface area contributed by atoms with Crippen LogP contribution in [-0.4, -0.2) is 49.9 Å². The Labute approximate surface area is 161 Å². The molecule has 5 heteroatoms. The van der Waals surface area contributed by atoms with Gasteiger partial charge in [-0.2, -0.15) is 0 Å². The highest BCUT2D eigenvalue weighted by Crippen LogP contribution is 2.17. The summed E-state index contributed by atoms with van der Waals surface area (Å²) in [5.41, 5.74) is 2.09. The standard InChI is InChI=1S/C22H27N3O2/c1-23(19-9-4-2-5-10-19)21(26)13-8-14-22(27)25-17-15-24(16-18-25)20-11-6-3-7-12-20/h2-7,9-12H,8,13-18H2,1H3. The molecule has 5 nitrogen and oxygen atoms in total. The van der Waals surface area contributed by atoms with E-state index in [4.69, 9.17) is 0 Å². The van der Waals surface area contributed by atoms with E-state index in [0.717, 1.165) is 31.9 Å². The van der Waals surface area contributed by atoms with Gasteiger partial charge >= 0.3 is 0 Å². The number of rotatable bonds is 6.